The van der Waals surface area contributed by atoms with Crippen molar-refractivity contribution in [3.8, 4) is 0 Å². The monoisotopic (exact) mass is 427 g/mol. The van der Waals surface area contributed by atoms with Crippen molar-refractivity contribution in [3.05, 3.63) is 35.9 Å². The van der Waals surface area contributed by atoms with E-state index in [0.717, 1.165) is 18.9 Å². The fraction of sp³-hybridized carbons (Fsp3) is 0.632. The van der Waals surface area contributed by atoms with E-state index >= 15 is 0 Å². The van der Waals surface area contributed by atoms with E-state index in [1.54, 1.807) is 0 Å². The molecule has 0 aromatic heterocycles. The topological polar surface area (TPSA) is 27.6 Å². The van der Waals surface area contributed by atoms with Crippen molar-refractivity contribution in [2.75, 3.05) is 26.7 Å². The molecule has 1 spiro atoms. The lowest BCUT2D eigenvalue weighted by atomic mass is 9.68. The number of rotatable bonds is 4. The molecular weight excluding hydrogens is 397 g/mol. The molecule has 0 bridgehead atoms. The number of hydrogen-bond acceptors (Lipinski definition) is 1. The predicted molar refractivity (Wildman–Crippen MR) is 109 cm³/mol. The number of hydrogen-bond donors (Lipinski definition) is 1. The molecule has 1 heterocycles. The minimum Gasteiger partial charge on any atom is -0.356 e. The molecule has 1 saturated heterocycles. The van der Waals surface area contributed by atoms with Crippen LogP contribution in [0.4, 0.5) is 0 Å². The average Bonchev–Trinajstić information content (AvgIpc) is 2.98. The number of benzene rings is 1. The van der Waals surface area contributed by atoms with Gasteiger partial charge in [0.2, 0.25) is 0 Å². The van der Waals surface area contributed by atoms with Gasteiger partial charge in [-0.15, -0.1) is 24.0 Å². The molecule has 2 fully saturated rings. The van der Waals surface area contributed by atoms with Gasteiger partial charge in [-0.05, 0) is 36.7 Å². The minimum absolute atomic E-state index is 0. The molecule has 1 aliphatic heterocycles. The maximum atomic E-state index is 4.53. The highest BCUT2D eigenvalue weighted by Crippen LogP contribution is 2.47. The lowest BCUT2D eigenvalue weighted by molar-refractivity contribution is 0.151. The van der Waals surface area contributed by atoms with E-state index in [2.05, 4.69) is 52.5 Å². The molecule has 0 radical (unpaired) electrons. The Kier molecular flexibility index (Phi) is 6.74. The molecule has 2 aliphatic rings. The first-order valence-electron chi connectivity index (χ1n) is 8.77. The van der Waals surface area contributed by atoms with E-state index in [4.69, 9.17) is 0 Å². The van der Waals surface area contributed by atoms with E-state index in [0.29, 0.717) is 11.3 Å². The Balaban J connectivity index is 0.00000192. The molecule has 0 amide bonds. The average molecular weight is 427 g/mol. The molecule has 1 saturated carbocycles. The predicted octanol–water partition coefficient (Wildman–Crippen LogP) is 4.25. The highest BCUT2D eigenvalue weighted by atomic mass is 127. The van der Waals surface area contributed by atoms with Crippen molar-refractivity contribution in [1.29, 1.82) is 0 Å². The molecule has 1 unspecified atom stereocenters. The highest BCUT2D eigenvalue weighted by molar-refractivity contribution is 14.0. The smallest absolute Gasteiger partial charge is 0.193 e. The van der Waals surface area contributed by atoms with E-state index in [1.165, 1.54) is 44.3 Å². The highest BCUT2D eigenvalue weighted by Gasteiger charge is 2.43. The number of nitrogens with one attached hydrogen (secondary N) is 1. The first kappa shape index (κ1) is 18.6. The zero-order valence-electron chi connectivity index (χ0n) is 14.4. The van der Waals surface area contributed by atoms with Crippen LogP contribution in [0.25, 0.3) is 0 Å². The summed E-state index contributed by atoms with van der Waals surface area (Å²) < 4.78 is 0. The largest absolute Gasteiger partial charge is 0.356 e. The minimum atomic E-state index is 0. The van der Waals surface area contributed by atoms with Crippen LogP contribution in [0.3, 0.4) is 0 Å². The van der Waals surface area contributed by atoms with Crippen LogP contribution in [-0.2, 0) is 0 Å². The van der Waals surface area contributed by atoms with Crippen molar-refractivity contribution >= 4 is 29.9 Å². The molecule has 3 rings (SSSR count). The van der Waals surface area contributed by atoms with Crippen LogP contribution in [-0.4, -0.2) is 37.5 Å². The maximum absolute atomic E-state index is 4.53. The first-order valence-corrected chi connectivity index (χ1v) is 8.77. The van der Waals surface area contributed by atoms with Crippen molar-refractivity contribution in [2.24, 2.45) is 10.4 Å². The third kappa shape index (κ3) is 4.20. The standard InChI is InChI=1S/C19H29N3.HI/c1-3-16(17-8-5-4-6-9-17)14-21-18(20-2)22-13-12-19(15-22)10-7-11-19;/h4-6,8-9,16H,3,7,10-15H2,1-2H3,(H,20,21);1H. The molecule has 1 aliphatic carbocycles. The second-order valence-corrected chi connectivity index (χ2v) is 6.97. The van der Waals surface area contributed by atoms with E-state index in [1.807, 2.05) is 7.05 Å². The Morgan fingerprint density at radius 2 is 2.00 bits per heavy atom. The molecule has 1 aromatic rings. The second kappa shape index (κ2) is 8.36. The summed E-state index contributed by atoms with van der Waals surface area (Å²) in [4.78, 5) is 6.99. The molecule has 1 aromatic carbocycles. The van der Waals surface area contributed by atoms with Crippen molar-refractivity contribution in [2.45, 2.75) is 44.9 Å². The van der Waals surface area contributed by atoms with Crippen LogP contribution in [0.5, 0.6) is 0 Å². The van der Waals surface area contributed by atoms with Crippen molar-refractivity contribution < 1.29 is 0 Å². The van der Waals surface area contributed by atoms with Gasteiger partial charge in [-0.2, -0.15) is 0 Å². The molecule has 1 N–H and O–H groups in total. The van der Waals surface area contributed by atoms with Gasteiger partial charge in [0.05, 0.1) is 0 Å². The fourth-order valence-corrected chi connectivity index (χ4v) is 3.97. The van der Waals surface area contributed by atoms with Crippen LogP contribution < -0.4 is 5.32 Å². The van der Waals surface area contributed by atoms with E-state index in [-0.39, 0.29) is 24.0 Å². The SMILES string of the molecule is CCC(CNC(=NC)N1CCC2(CCC2)C1)c1ccccc1.I. The third-order valence-electron chi connectivity index (χ3n) is 5.63. The lowest BCUT2D eigenvalue weighted by Crippen LogP contribution is -2.43. The van der Waals surface area contributed by atoms with Gasteiger partial charge in [0.15, 0.2) is 5.96 Å². The Morgan fingerprint density at radius 3 is 2.52 bits per heavy atom. The number of aliphatic imine (C=N–C) groups is 1. The molecule has 1 atom stereocenters. The van der Waals surface area contributed by atoms with Gasteiger partial charge in [0.25, 0.3) is 0 Å². The van der Waals surface area contributed by atoms with Crippen LogP contribution >= 0.6 is 24.0 Å². The summed E-state index contributed by atoms with van der Waals surface area (Å²) in [6.45, 7) is 5.61. The van der Waals surface area contributed by atoms with Crippen LogP contribution in [0, 0.1) is 5.41 Å². The zero-order chi connectivity index (χ0) is 15.4. The normalized spacial score (nSPS) is 20.8. The first-order chi connectivity index (χ1) is 10.8. The van der Waals surface area contributed by atoms with Gasteiger partial charge in [0.1, 0.15) is 0 Å². The number of nitrogens with zero attached hydrogens (tertiary/aromatic N) is 2. The van der Waals surface area contributed by atoms with Crippen LogP contribution in [0.2, 0.25) is 0 Å². The Hall–Kier alpha value is -0.780. The van der Waals surface area contributed by atoms with Gasteiger partial charge in [-0.25, -0.2) is 0 Å². The summed E-state index contributed by atoms with van der Waals surface area (Å²) in [5.74, 6) is 1.65. The summed E-state index contributed by atoms with van der Waals surface area (Å²) in [6.07, 6.45) is 6.76. The van der Waals surface area contributed by atoms with Gasteiger partial charge < -0.3 is 10.2 Å². The Bertz CT molecular complexity index is 511. The third-order valence-corrected chi connectivity index (χ3v) is 5.63. The summed E-state index contributed by atoms with van der Waals surface area (Å²) >= 11 is 0. The Morgan fingerprint density at radius 1 is 1.26 bits per heavy atom. The number of guanidine groups is 1. The summed E-state index contributed by atoms with van der Waals surface area (Å²) in [5, 5.41) is 3.62. The van der Waals surface area contributed by atoms with Gasteiger partial charge in [0, 0.05) is 32.6 Å². The number of likely N-dealkylation sites (tertiary alicyclic amines) is 1. The fourth-order valence-electron chi connectivity index (χ4n) is 3.97. The maximum Gasteiger partial charge on any atom is 0.193 e. The molecule has 128 valence electrons. The van der Waals surface area contributed by atoms with Gasteiger partial charge in [-0.3, -0.25) is 4.99 Å². The summed E-state index contributed by atoms with van der Waals surface area (Å²) in [7, 11) is 1.91. The molecule has 3 nitrogen and oxygen atoms in total. The molecule has 23 heavy (non-hydrogen) atoms. The summed E-state index contributed by atoms with van der Waals surface area (Å²) in [6, 6.07) is 10.8. The van der Waals surface area contributed by atoms with Crippen molar-refractivity contribution in [3.63, 3.8) is 0 Å². The van der Waals surface area contributed by atoms with Crippen LogP contribution in [0.15, 0.2) is 35.3 Å². The van der Waals surface area contributed by atoms with E-state index < -0.39 is 0 Å². The van der Waals surface area contributed by atoms with Gasteiger partial charge >= 0.3 is 0 Å². The van der Waals surface area contributed by atoms with E-state index in [9.17, 15) is 0 Å². The lowest BCUT2D eigenvalue weighted by Gasteiger charge is -2.38. The summed E-state index contributed by atoms with van der Waals surface area (Å²) in [5.41, 5.74) is 2.05. The zero-order valence-corrected chi connectivity index (χ0v) is 16.8. The molecule has 4 heteroatoms. The second-order valence-electron chi connectivity index (χ2n) is 6.97. The van der Waals surface area contributed by atoms with Crippen LogP contribution in [0.1, 0.15) is 50.5 Å². The van der Waals surface area contributed by atoms with Gasteiger partial charge in [-0.1, -0.05) is 43.7 Å². The molecular formula is C19H30IN3. The Labute approximate surface area is 158 Å². The quantitative estimate of drug-likeness (QED) is 0.442. The number of halogens is 1. The van der Waals surface area contributed by atoms with Crippen molar-refractivity contribution in [1.82, 2.24) is 10.2 Å².